The summed E-state index contributed by atoms with van der Waals surface area (Å²) in [6, 6.07) is 6.02. The van der Waals surface area contributed by atoms with Gasteiger partial charge in [0.05, 0.1) is 18.3 Å². The first-order chi connectivity index (χ1) is 13.6. The Hall–Kier alpha value is -3.16. The number of aromatic nitrogens is 4. The van der Waals surface area contributed by atoms with E-state index < -0.39 is 0 Å². The van der Waals surface area contributed by atoms with E-state index in [9.17, 15) is 9.18 Å². The summed E-state index contributed by atoms with van der Waals surface area (Å²) in [7, 11) is 0. The van der Waals surface area contributed by atoms with Crippen LogP contribution in [0.3, 0.4) is 0 Å². The van der Waals surface area contributed by atoms with Crippen molar-refractivity contribution < 1.29 is 13.6 Å². The van der Waals surface area contributed by atoms with E-state index in [4.69, 9.17) is 4.42 Å². The highest BCUT2D eigenvalue weighted by molar-refractivity contribution is 5.79. The summed E-state index contributed by atoms with van der Waals surface area (Å²) in [6.45, 7) is 2.43. The van der Waals surface area contributed by atoms with Gasteiger partial charge in [-0.15, -0.1) is 10.2 Å². The number of nitrogens with zero attached hydrogens (tertiary/aromatic N) is 5. The van der Waals surface area contributed by atoms with E-state index in [0.29, 0.717) is 23.7 Å². The highest BCUT2D eigenvalue weighted by atomic mass is 19.1. The molecule has 0 N–H and O–H groups in total. The van der Waals surface area contributed by atoms with Gasteiger partial charge < -0.3 is 9.32 Å². The van der Waals surface area contributed by atoms with Crippen LogP contribution in [0, 0.1) is 12.7 Å². The first kappa shape index (κ1) is 18.2. The standard InChI is InChI=1S/C20H20FN5O2/c1-13-11-23-16(12-22-13)19-24-25-20(28-19)17-8-4-5-9-26(17)18(27)10-14-6-2-3-7-15(14)21/h2-3,6-7,11-12,17H,4-5,8-10H2,1H3/t17-/m1/s1. The molecule has 0 bridgehead atoms. The molecule has 1 saturated heterocycles. The quantitative estimate of drug-likeness (QED) is 0.690. The van der Waals surface area contributed by atoms with Crippen molar-refractivity contribution in [1.82, 2.24) is 25.1 Å². The predicted octanol–water partition coefficient (Wildman–Crippen LogP) is 3.27. The molecule has 8 heteroatoms. The van der Waals surface area contributed by atoms with Crippen molar-refractivity contribution >= 4 is 5.91 Å². The fraction of sp³-hybridized carbons (Fsp3) is 0.350. The Bertz CT molecular complexity index is 973. The summed E-state index contributed by atoms with van der Waals surface area (Å²) in [5, 5.41) is 8.21. The maximum atomic E-state index is 13.9. The SMILES string of the molecule is Cc1cnc(-c2nnc([C@H]3CCCCN3C(=O)Cc3ccccc3F)o2)cn1. The average molecular weight is 381 g/mol. The first-order valence-electron chi connectivity index (χ1n) is 9.27. The highest BCUT2D eigenvalue weighted by Crippen LogP contribution is 2.32. The Morgan fingerprint density at radius 3 is 2.86 bits per heavy atom. The normalized spacial score (nSPS) is 16.9. The molecular formula is C20H20FN5O2. The van der Waals surface area contributed by atoms with Gasteiger partial charge in [-0.1, -0.05) is 18.2 Å². The summed E-state index contributed by atoms with van der Waals surface area (Å²) in [6.07, 6.45) is 5.79. The number of hydrogen-bond donors (Lipinski definition) is 0. The second-order valence-corrected chi connectivity index (χ2v) is 6.86. The predicted molar refractivity (Wildman–Crippen MR) is 98.5 cm³/mol. The molecular weight excluding hydrogens is 361 g/mol. The van der Waals surface area contributed by atoms with Gasteiger partial charge in [0.15, 0.2) is 0 Å². The largest absolute Gasteiger partial charge is 0.417 e. The molecule has 1 atom stereocenters. The Labute approximate surface area is 161 Å². The smallest absolute Gasteiger partial charge is 0.267 e. The van der Waals surface area contributed by atoms with Crippen LogP contribution in [0.4, 0.5) is 4.39 Å². The monoisotopic (exact) mass is 381 g/mol. The average Bonchev–Trinajstić information content (AvgIpc) is 3.20. The molecule has 7 nitrogen and oxygen atoms in total. The lowest BCUT2D eigenvalue weighted by atomic mass is 10.0. The maximum Gasteiger partial charge on any atom is 0.267 e. The van der Waals surface area contributed by atoms with Crippen molar-refractivity contribution in [2.75, 3.05) is 6.54 Å². The Morgan fingerprint density at radius 1 is 1.21 bits per heavy atom. The van der Waals surface area contributed by atoms with Crippen LogP contribution in [-0.2, 0) is 11.2 Å². The molecule has 0 unspecified atom stereocenters. The topological polar surface area (TPSA) is 85.0 Å². The van der Waals surface area contributed by atoms with Crippen LogP contribution in [0.25, 0.3) is 11.6 Å². The number of aryl methyl sites for hydroxylation is 1. The zero-order valence-corrected chi connectivity index (χ0v) is 15.5. The molecule has 0 saturated carbocycles. The van der Waals surface area contributed by atoms with Gasteiger partial charge in [0.25, 0.3) is 5.89 Å². The molecule has 0 aliphatic carbocycles. The van der Waals surface area contributed by atoms with Gasteiger partial charge in [0.1, 0.15) is 17.6 Å². The van der Waals surface area contributed by atoms with E-state index in [1.165, 1.54) is 6.07 Å². The molecule has 2 aromatic heterocycles. The van der Waals surface area contributed by atoms with E-state index in [0.717, 1.165) is 25.0 Å². The molecule has 3 aromatic rings. The summed E-state index contributed by atoms with van der Waals surface area (Å²) >= 11 is 0. The molecule has 1 amide bonds. The van der Waals surface area contributed by atoms with Gasteiger partial charge in [-0.25, -0.2) is 9.37 Å². The van der Waals surface area contributed by atoms with Crippen LogP contribution in [0.2, 0.25) is 0 Å². The molecule has 0 radical (unpaired) electrons. The van der Waals surface area contributed by atoms with Crippen molar-refractivity contribution in [2.45, 2.75) is 38.6 Å². The van der Waals surface area contributed by atoms with Gasteiger partial charge in [-0.05, 0) is 37.8 Å². The molecule has 0 spiro atoms. The van der Waals surface area contributed by atoms with E-state index >= 15 is 0 Å². The number of benzene rings is 1. The molecule has 1 fully saturated rings. The molecule has 3 heterocycles. The third-order valence-electron chi connectivity index (χ3n) is 4.85. The summed E-state index contributed by atoms with van der Waals surface area (Å²) < 4.78 is 19.7. The number of likely N-dealkylation sites (tertiary alicyclic amines) is 1. The van der Waals surface area contributed by atoms with Crippen molar-refractivity contribution in [2.24, 2.45) is 0 Å². The second kappa shape index (κ2) is 7.84. The van der Waals surface area contributed by atoms with Gasteiger partial charge in [0.2, 0.25) is 11.8 Å². The summed E-state index contributed by atoms with van der Waals surface area (Å²) in [5.41, 5.74) is 1.67. The van der Waals surface area contributed by atoms with Crippen LogP contribution < -0.4 is 0 Å². The number of halogens is 1. The first-order valence-corrected chi connectivity index (χ1v) is 9.27. The van der Waals surface area contributed by atoms with Crippen LogP contribution in [0.1, 0.15) is 42.5 Å². The fourth-order valence-corrected chi connectivity index (χ4v) is 3.37. The van der Waals surface area contributed by atoms with Crippen molar-refractivity contribution in [1.29, 1.82) is 0 Å². The lowest BCUT2D eigenvalue weighted by Gasteiger charge is -2.33. The second-order valence-electron chi connectivity index (χ2n) is 6.86. The number of carbonyl (C=O) groups excluding carboxylic acids is 1. The highest BCUT2D eigenvalue weighted by Gasteiger charge is 2.32. The summed E-state index contributed by atoms with van der Waals surface area (Å²) in [4.78, 5) is 23.0. The Kier molecular flexibility index (Phi) is 5.10. The Morgan fingerprint density at radius 2 is 2.07 bits per heavy atom. The molecule has 28 heavy (non-hydrogen) atoms. The lowest BCUT2D eigenvalue weighted by Crippen LogP contribution is -2.39. The zero-order chi connectivity index (χ0) is 19.5. The third kappa shape index (κ3) is 3.76. The number of carbonyl (C=O) groups is 1. The Balaban J connectivity index is 1.55. The van der Waals surface area contributed by atoms with Crippen LogP contribution in [-0.4, -0.2) is 37.5 Å². The van der Waals surface area contributed by atoms with E-state index in [2.05, 4.69) is 20.2 Å². The van der Waals surface area contributed by atoms with E-state index in [-0.39, 0.29) is 30.1 Å². The molecule has 144 valence electrons. The fourth-order valence-electron chi connectivity index (χ4n) is 3.37. The minimum absolute atomic E-state index is 0.00754. The van der Waals surface area contributed by atoms with Gasteiger partial charge in [-0.2, -0.15) is 0 Å². The third-order valence-corrected chi connectivity index (χ3v) is 4.85. The number of piperidine rings is 1. The van der Waals surface area contributed by atoms with Crippen LogP contribution >= 0.6 is 0 Å². The minimum Gasteiger partial charge on any atom is -0.417 e. The zero-order valence-electron chi connectivity index (χ0n) is 15.5. The molecule has 4 rings (SSSR count). The van der Waals surface area contributed by atoms with Crippen LogP contribution in [0.5, 0.6) is 0 Å². The number of hydrogen-bond acceptors (Lipinski definition) is 6. The van der Waals surface area contributed by atoms with Crippen molar-refractivity contribution in [3.8, 4) is 11.6 Å². The van der Waals surface area contributed by atoms with Gasteiger partial charge >= 0.3 is 0 Å². The molecule has 1 aliphatic rings. The van der Waals surface area contributed by atoms with Crippen molar-refractivity contribution in [3.05, 3.63) is 59.6 Å². The van der Waals surface area contributed by atoms with Crippen LogP contribution in [0.15, 0.2) is 41.1 Å². The minimum atomic E-state index is -0.373. The van der Waals surface area contributed by atoms with Crippen molar-refractivity contribution in [3.63, 3.8) is 0 Å². The van der Waals surface area contributed by atoms with Gasteiger partial charge in [0, 0.05) is 12.7 Å². The maximum absolute atomic E-state index is 13.9. The lowest BCUT2D eigenvalue weighted by molar-refractivity contribution is -0.135. The number of rotatable bonds is 4. The molecule has 1 aliphatic heterocycles. The summed E-state index contributed by atoms with van der Waals surface area (Å²) in [5.74, 6) is 0.126. The number of amides is 1. The van der Waals surface area contributed by atoms with Gasteiger partial charge in [-0.3, -0.25) is 9.78 Å². The van der Waals surface area contributed by atoms with E-state index in [1.807, 2.05) is 6.92 Å². The van der Waals surface area contributed by atoms with E-state index in [1.54, 1.807) is 35.5 Å². The molecule has 1 aromatic carbocycles.